The molecule has 0 amide bonds. The molecule has 0 spiro atoms. The molecule has 0 saturated heterocycles. The quantitative estimate of drug-likeness (QED) is 0.748. The second kappa shape index (κ2) is 3.58. The molecule has 3 N–H and O–H groups in total. The summed E-state index contributed by atoms with van der Waals surface area (Å²) in [4.78, 5) is 0.0219. The van der Waals surface area contributed by atoms with Gasteiger partial charge in [-0.05, 0) is 13.8 Å². The first-order chi connectivity index (χ1) is 6.37. The van der Waals surface area contributed by atoms with Crippen molar-refractivity contribution in [1.29, 1.82) is 0 Å². The summed E-state index contributed by atoms with van der Waals surface area (Å²) in [5.41, 5.74) is 5.44. The van der Waals surface area contributed by atoms with Crippen LogP contribution in [0.4, 0.5) is 5.82 Å². The highest BCUT2D eigenvalue weighted by Gasteiger charge is 2.26. The van der Waals surface area contributed by atoms with E-state index in [4.69, 9.17) is 5.73 Å². The fraction of sp³-hybridized carbons (Fsp3) is 0.571. The molecule has 0 unspecified atom stereocenters. The highest BCUT2D eigenvalue weighted by molar-refractivity contribution is 7.89. The molecule has 80 valence electrons. The van der Waals surface area contributed by atoms with E-state index in [2.05, 4.69) is 10.2 Å². The standard InChI is InChI=1S/C7H14N4O2S/c1-5(2)11(3)14(12,13)6-4-9-10-7(6)8/h4-5H,1-3H3,(H3,8,9,10). The summed E-state index contributed by atoms with van der Waals surface area (Å²) in [6.45, 7) is 3.57. The molecule has 0 aliphatic rings. The van der Waals surface area contributed by atoms with Gasteiger partial charge in [0.1, 0.15) is 10.7 Å². The minimum absolute atomic E-state index is 0.0219. The van der Waals surface area contributed by atoms with Crippen LogP contribution in [0.15, 0.2) is 11.1 Å². The van der Waals surface area contributed by atoms with Gasteiger partial charge in [0.05, 0.1) is 6.20 Å². The minimum Gasteiger partial charge on any atom is -0.383 e. The molecule has 1 aromatic rings. The minimum atomic E-state index is -3.51. The first-order valence-electron chi connectivity index (χ1n) is 4.14. The number of nitrogen functional groups attached to an aromatic ring is 1. The maximum atomic E-state index is 11.8. The zero-order valence-corrected chi connectivity index (χ0v) is 9.17. The van der Waals surface area contributed by atoms with Gasteiger partial charge in [0.15, 0.2) is 0 Å². The topological polar surface area (TPSA) is 92.1 Å². The zero-order valence-electron chi connectivity index (χ0n) is 8.35. The summed E-state index contributed by atoms with van der Waals surface area (Å²) in [5, 5.41) is 5.96. The monoisotopic (exact) mass is 218 g/mol. The summed E-state index contributed by atoms with van der Waals surface area (Å²) >= 11 is 0. The molecule has 1 heterocycles. The number of anilines is 1. The lowest BCUT2D eigenvalue weighted by atomic mass is 10.4. The Morgan fingerprint density at radius 3 is 2.50 bits per heavy atom. The van der Waals surface area contributed by atoms with Crippen molar-refractivity contribution in [2.75, 3.05) is 12.8 Å². The van der Waals surface area contributed by atoms with Gasteiger partial charge in [-0.25, -0.2) is 8.42 Å². The summed E-state index contributed by atoms with van der Waals surface area (Å²) in [6, 6.07) is -0.116. The number of hydrogen-bond acceptors (Lipinski definition) is 4. The van der Waals surface area contributed by atoms with Gasteiger partial charge in [-0.15, -0.1) is 0 Å². The van der Waals surface area contributed by atoms with Crippen molar-refractivity contribution in [2.24, 2.45) is 0 Å². The molecule has 7 heteroatoms. The number of nitrogens with one attached hydrogen (secondary N) is 1. The van der Waals surface area contributed by atoms with Crippen LogP contribution < -0.4 is 5.73 Å². The third-order valence-corrected chi connectivity index (χ3v) is 4.08. The molecular formula is C7H14N4O2S. The van der Waals surface area contributed by atoms with Gasteiger partial charge in [-0.1, -0.05) is 0 Å². The molecule has 6 nitrogen and oxygen atoms in total. The second-order valence-corrected chi connectivity index (χ2v) is 5.23. The Balaban J connectivity index is 3.16. The van der Waals surface area contributed by atoms with Crippen molar-refractivity contribution in [2.45, 2.75) is 24.8 Å². The van der Waals surface area contributed by atoms with E-state index in [-0.39, 0.29) is 16.8 Å². The fourth-order valence-electron chi connectivity index (χ4n) is 0.923. The number of aromatic amines is 1. The number of rotatable bonds is 3. The first-order valence-corrected chi connectivity index (χ1v) is 5.58. The lowest BCUT2D eigenvalue weighted by Crippen LogP contribution is -2.33. The van der Waals surface area contributed by atoms with Crippen LogP contribution in [0, 0.1) is 0 Å². The molecule has 0 aliphatic carbocycles. The Labute approximate surface area is 83.1 Å². The smallest absolute Gasteiger partial charge is 0.248 e. The third-order valence-electron chi connectivity index (χ3n) is 2.02. The number of hydrogen-bond donors (Lipinski definition) is 2. The average molecular weight is 218 g/mol. The Hall–Kier alpha value is -1.08. The third kappa shape index (κ3) is 1.73. The van der Waals surface area contributed by atoms with Crippen LogP contribution in [0.25, 0.3) is 0 Å². The van der Waals surface area contributed by atoms with Crippen molar-refractivity contribution >= 4 is 15.8 Å². The Bertz CT molecular complexity index is 409. The van der Waals surface area contributed by atoms with Gasteiger partial charge in [0, 0.05) is 13.1 Å². The molecule has 0 atom stereocenters. The van der Waals surface area contributed by atoms with E-state index >= 15 is 0 Å². The molecule has 0 fully saturated rings. The number of nitrogens with zero attached hydrogens (tertiary/aromatic N) is 2. The van der Waals surface area contributed by atoms with E-state index in [9.17, 15) is 8.42 Å². The molecule has 0 aliphatic heterocycles. The van der Waals surface area contributed by atoms with Gasteiger partial charge in [-0.2, -0.15) is 9.40 Å². The molecule has 14 heavy (non-hydrogen) atoms. The van der Waals surface area contributed by atoms with Gasteiger partial charge in [0.25, 0.3) is 0 Å². The fourth-order valence-corrected chi connectivity index (χ4v) is 2.30. The maximum absolute atomic E-state index is 11.8. The van der Waals surface area contributed by atoms with Crippen LogP contribution in [0.3, 0.4) is 0 Å². The predicted molar refractivity (Wildman–Crippen MR) is 53.1 cm³/mol. The van der Waals surface area contributed by atoms with E-state index in [0.29, 0.717) is 0 Å². The van der Waals surface area contributed by atoms with E-state index in [1.807, 2.05) is 0 Å². The molecule has 0 saturated carbocycles. The summed E-state index contributed by atoms with van der Waals surface area (Å²) in [7, 11) is -2.00. The van der Waals surface area contributed by atoms with E-state index in [0.717, 1.165) is 0 Å². The normalized spacial score (nSPS) is 12.6. The first kappa shape index (κ1) is 11.0. The molecule has 0 aromatic carbocycles. The lowest BCUT2D eigenvalue weighted by Gasteiger charge is -2.20. The van der Waals surface area contributed by atoms with Crippen molar-refractivity contribution in [1.82, 2.24) is 14.5 Å². The number of aromatic nitrogens is 2. The molecular weight excluding hydrogens is 204 g/mol. The van der Waals surface area contributed by atoms with E-state index in [1.54, 1.807) is 13.8 Å². The lowest BCUT2D eigenvalue weighted by molar-refractivity contribution is 0.411. The largest absolute Gasteiger partial charge is 0.383 e. The SMILES string of the molecule is CC(C)N(C)S(=O)(=O)c1cn[nH]c1N. The molecule has 0 radical (unpaired) electrons. The van der Waals surface area contributed by atoms with Crippen LogP contribution in [-0.4, -0.2) is 36.0 Å². The molecule has 0 bridgehead atoms. The predicted octanol–water partition coefficient (Wildman–Crippen LogP) is 0.0208. The van der Waals surface area contributed by atoms with Crippen LogP contribution in [0.1, 0.15) is 13.8 Å². The zero-order chi connectivity index (χ0) is 10.9. The van der Waals surface area contributed by atoms with E-state index in [1.165, 1.54) is 17.5 Å². The van der Waals surface area contributed by atoms with Crippen LogP contribution in [0.5, 0.6) is 0 Å². The van der Waals surface area contributed by atoms with Crippen molar-refractivity contribution in [3.63, 3.8) is 0 Å². The molecule has 1 rings (SSSR count). The number of H-pyrrole nitrogens is 1. The number of sulfonamides is 1. The van der Waals surface area contributed by atoms with Crippen LogP contribution >= 0.6 is 0 Å². The summed E-state index contributed by atoms with van der Waals surface area (Å²) < 4.78 is 24.9. The van der Waals surface area contributed by atoms with Crippen molar-refractivity contribution in [3.05, 3.63) is 6.20 Å². The Morgan fingerprint density at radius 2 is 2.14 bits per heavy atom. The van der Waals surface area contributed by atoms with Crippen molar-refractivity contribution in [3.8, 4) is 0 Å². The highest BCUT2D eigenvalue weighted by atomic mass is 32.2. The van der Waals surface area contributed by atoms with Crippen molar-refractivity contribution < 1.29 is 8.42 Å². The second-order valence-electron chi connectivity index (χ2n) is 3.26. The summed E-state index contributed by atoms with van der Waals surface area (Å²) in [5.74, 6) is 0.0671. The Kier molecular flexibility index (Phi) is 2.81. The van der Waals surface area contributed by atoms with Gasteiger partial charge < -0.3 is 5.73 Å². The Morgan fingerprint density at radius 1 is 1.57 bits per heavy atom. The summed E-state index contributed by atoms with van der Waals surface area (Å²) in [6.07, 6.45) is 1.21. The molecule has 1 aromatic heterocycles. The number of nitrogens with two attached hydrogens (primary N) is 1. The highest BCUT2D eigenvalue weighted by Crippen LogP contribution is 2.19. The van der Waals surface area contributed by atoms with E-state index < -0.39 is 10.0 Å². The van der Waals surface area contributed by atoms with Crippen LogP contribution in [-0.2, 0) is 10.0 Å². The van der Waals surface area contributed by atoms with Gasteiger partial charge in [0.2, 0.25) is 10.0 Å². The maximum Gasteiger partial charge on any atom is 0.248 e. The average Bonchev–Trinajstić information content (AvgIpc) is 2.50. The van der Waals surface area contributed by atoms with Gasteiger partial charge in [-0.3, -0.25) is 5.10 Å². The van der Waals surface area contributed by atoms with Crippen LogP contribution in [0.2, 0.25) is 0 Å². The van der Waals surface area contributed by atoms with Gasteiger partial charge >= 0.3 is 0 Å².